The van der Waals surface area contributed by atoms with Crippen molar-refractivity contribution in [2.45, 2.75) is 38.5 Å². The van der Waals surface area contributed by atoms with Crippen LogP contribution in [0.1, 0.15) is 37.7 Å². The fourth-order valence-corrected chi connectivity index (χ4v) is 5.10. The maximum atomic E-state index is 13.1. The highest BCUT2D eigenvalue weighted by molar-refractivity contribution is 9.10. The summed E-state index contributed by atoms with van der Waals surface area (Å²) in [6.45, 7) is 1.03. The molecule has 0 unspecified atom stereocenters. The number of carbonyl (C=O) groups is 2. The van der Waals surface area contributed by atoms with Crippen LogP contribution in [0.5, 0.6) is 0 Å². The van der Waals surface area contributed by atoms with Gasteiger partial charge in [-0.1, -0.05) is 82.6 Å². The van der Waals surface area contributed by atoms with E-state index in [1.54, 1.807) is 0 Å². The Morgan fingerprint density at radius 1 is 1.00 bits per heavy atom. The molecular formula is C25H27BrN4O2S. The maximum Gasteiger partial charge on any atom is 0.227 e. The van der Waals surface area contributed by atoms with Crippen LogP contribution in [0, 0.1) is 5.92 Å². The number of nitrogens with zero attached hydrogens (tertiary/aromatic N) is 3. The Bertz CT molecular complexity index is 1070. The summed E-state index contributed by atoms with van der Waals surface area (Å²) in [5.41, 5.74) is 2.14. The van der Waals surface area contributed by atoms with E-state index in [9.17, 15) is 9.59 Å². The molecule has 0 bridgehead atoms. The number of anilines is 1. The van der Waals surface area contributed by atoms with E-state index >= 15 is 0 Å². The molecule has 1 fully saturated rings. The van der Waals surface area contributed by atoms with Gasteiger partial charge in [0.2, 0.25) is 16.9 Å². The Labute approximate surface area is 206 Å². The van der Waals surface area contributed by atoms with Crippen molar-refractivity contribution >= 4 is 44.2 Å². The predicted octanol–water partition coefficient (Wildman–Crippen LogP) is 5.56. The van der Waals surface area contributed by atoms with Gasteiger partial charge >= 0.3 is 0 Å². The number of nitrogens with one attached hydrogen (secondary N) is 1. The highest BCUT2D eigenvalue weighted by Crippen LogP contribution is 2.28. The smallest absolute Gasteiger partial charge is 0.227 e. The molecule has 1 aliphatic rings. The summed E-state index contributed by atoms with van der Waals surface area (Å²) in [6, 6.07) is 18.0. The lowest BCUT2D eigenvalue weighted by molar-refractivity contribution is -0.135. The predicted molar refractivity (Wildman–Crippen MR) is 135 cm³/mol. The minimum absolute atomic E-state index is 0.0977. The Kier molecular flexibility index (Phi) is 8.23. The third-order valence-corrected chi connectivity index (χ3v) is 7.32. The monoisotopic (exact) mass is 526 g/mol. The van der Waals surface area contributed by atoms with Crippen molar-refractivity contribution in [3.8, 4) is 10.6 Å². The van der Waals surface area contributed by atoms with Crippen LogP contribution in [0.2, 0.25) is 0 Å². The number of halogens is 1. The minimum atomic E-state index is -0.155. The van der Waals surface area contributed by atoms with Crippen LogP contribution in [0.4, 0.5) is 5.13 Å². The van der Waals surface area contributed by atoms with E-state index in [0.717, 1.165) is 47.1 Å². The SMILES string of the molecule is O=C(CCN(CCc1ccccc1)C(=O)C1CCCC1)Nc1nnc(-c2ccc(Br)cc2)s1. The van der Waals surface area contributed by atoms with Crippen LogP contribution in [-0.4, -0.2) is 40.0 Å². The molecule has 4 rings (SSSR count). The van der Waals surface area contributed by atoms with Crippen molar-refractivity contribution in [3.63, 3.8) is 0 Å². The third kappa shape index (κ3) is 6.71. The molecule has 0 saturated heterocycles. The lowest BCUT2D eigenvalue weighted by atomic mass is 10.1. The highest BCUT2D eigenvalue weighted by atomic mass is 79.9. The van der Waals surface area contributed by atoms with Crippen LogP contribution < -0.4 is 5.32 Å². The first kappa shape index (κ1) is 23.6. The molecule has 1 aliphatic carbocycles. The molecule has 2 aromatic carbocycles. The van der Waals surface area contributed by atoms with Crippen LogP contribution in [0.25, 0.3) is 10.6 Å². The van der Waals surface area contributed by atoms with Crippen LogP contribution in [0.3, 0.4) is 0 Å². The zero-order valence-corrected chi connectivity index (χ0v) is 20.8. The molecule has 0 aliphatic heterocycles. The van der Waals surface area contributed by atoms with E-state index in [-0.39, 0.29) is 24.2 Å². The summed E-state index contributed by atoms with van der Waals surface area (Å²) in [7, 11) is 0. The van der Waals surface area contributed by atoms with E-state index < -0.39 is 0 Å². The van der Waals surface area contributed by atoms with Crippen molar-refractivity contribution < 1.29 is 9.59 Å². The number of hydrogen-bond donors (Lipinski definition) is 1. The van der Waals surface area contributed by atoms with E-state index in [1.807, 2.05) is 47.4 Å². The quantitative estimate of drug-likeness (QED) is 0.396. The second kappa shape index (κ2) is 11.5. The van der Waals surface area contributed by atoms with Gasteiger partial charge in [0.1, 0.15) is 5.01 Å². The van der Waals surface area contributed by atoms with Gasteiger partial charge in [-0.15, -0.1) is 10.2 Å². The number of rotatable bonds is 9. The van der Waals surface area contributed by atoms with Crippen LogP contribution in [0.15, 0.2) is 59.1 Å². The van der Waals surface area contributed by atoms with E-state index in [0.29, 0.717) is 18.2 Å². The first-order valence-corrected chi connectivity index (χ1v) is 12.9. The molecule has 172 valence electrons. The third-order valence-electron chi connectivity index (χ3n) is 5.90. The summed E-state index contributed by atoms with van der Waals surface area (Å²) >= 11 is 4.76. The molecular weight excluding hydrogens is 500 g/mol. The fraction of sp³-hybridized carbons (Fsp3) is 0.360. The van der Waals surface area contributed by atoms with Gasteiger partial charge < -0.3 is 10.2 Å². The van der Waals surface area contributed by atoms with Gasteiger partial charge in [0, 0.05) is 35.5 Å². The van der Waals surface area contributed by atoms with Gasteiger partial charge in [0.15, 0.2) is 0 Å². The maximum absolute atomic E-state index is 13.1. The molecule has 8 heteroatoms. The summed E-state index contributed by atoms with van der Waals surface area (Å²) in [5, 5.41) is 12.3. The number of aromatic nitrogens is 2. The molecule has 0 spiro atoms. The zero-order valence-electron chi connectivity index (χ0n) is 18.4. The second-order valence-electron chi connectivity index (χ2n) is 8.26. The fourth-order valence-electron chi connectivity index (χ4n) is 4.07. The molecule has 2 amide bonds. The van der Waals surface area contributed by atoms with Crippen molar-refractivity contribution in [1.29, 1.82) is 0 Å². The van der Waals surface area contributed by atoms with E-state index in [4.69, 9.17) is 0 Å². The van der Waals surface area contributed by atoms with Crippen molar-refractivity contribution in [2.24, 2.45) is 5.92 Å². The van der Waals surface area contributed by atoms with Crippen molar-refractivity contribution in [2.75, 3.05) is 18.4 Å². The second-order valence-corrected chi connectivity index (χ2v) is 10.2. The van der Waals surface area contributed by atoms with E-state index in [1.165, 1.54) is 16.9 Å². The Balaban J connectivity index is 1.33. The van der Waals surface area contributed by atoms with Gasteiger partial charge in [-0.05, 0) is 37.0 Å². The van der Waals surface area contributed by atoms with Crippen LogP contribution >= 0.6 is 27.3 Å². The number of benzene rings is 2. The van der Waals surface area contributed by atoms with Crippen molar-refractivity contribution in [1.82, 2.24) is 15.1 Å². The summed E-state index contributed by atoms with van der Waals surface area (Å²) in [6.07, 6.45) is 5.16. The lowest BCUT2D eigenvalue weighted by Crippen LogP contribution is -2.38. The molecule has 1 aromatic heterocycles. The Hall–Kier alpha value is -2.58. The summed E-state index contributed by atoms with van der Waals surface area (Å²) < 4.78 is 0.994. The minimum Gasteiger partial charge on any atom is -0.342 e. The highest BCUT2D eigenvalue weighted by Gasteiger charge is 2.27. The molecule has 1 N–H and O–H groups in total. The Morgan fingerprint density at radius 3 is 2.45 bits per heavy atom. The molecule has 1 saturated carbocycles. The molecule has 6 nitrogen and oxygen atoms in total. The molecule has 0 atom stereocenters. The molecule has 3 aromatic rings. The standard InChI is InChI=1S/C25H27BrN4O2S/c26-21-12-10-19(11-13-21)23-28-29-25(33-23)27-22(31)15-17-30(24(32)20-8-4-5-9-20)16-14-18-6-2-1-3-7-18/h1-3,6-7,10-13,20H,4-5,8-9,14-17H2,(H,27,29,31). The molecule has 33 heavy (non-hydrogen) atoms. The topological polar surface area (TPSA) is 75.2 Å². The summed E-state index contributed by atoms with van der Waals surface area (Å²) in [5.74, 6) is 0.127. The molecule has 1 heterocycles. The number of hydrogen-bond acceptors (Lipinski definition) is 5. The zero-order chi connectivity index (χ0) is 23.0. The average molecular weight is 527 g/mol. The van der Waals surface area contributed by atoms with Gasteiger partial charge in [0.05, 0.1) is 0 Å². The number of carbonyl (C=O) groups excluding carboxylic acids is 2. The normalized spacial score (nSPS) is 13.7. The van der Waals surface area contributed by atoms with Gasteiger partial charge in [0.25, 0.3) is 0 Å². The number of amides is 2. The molecule has 0 radical (unpaired) electrons. The Morgan fingerprint density at radius 2 is 1.73 bits per heavy atom. The summed E-state index contributed by atoms with van der Waals surface area (Å²) in [4.78, 5) is 27.6. The van der Waals surface area contributed by atoms with Crippen LogP contribution in [-0.2, 0) is 16.0 Å². The lowest BCUT2D eigenvalue weighted by Gasteiger charge is -2.25. The average Bonchev–Trinajstić information content (AvgIpc) is 3.53. The van der Waals surface area contributed by atoms with Crippen molar-refractivity contribution in [3.05, 3.63) is 64.6 Å². The van der Waals surface area contributed by atoms with E-state index in [2.05, 4.69) is 43.6 Å². The van der Waals surface area contributed by atoms with Gasteiger partial charge in [-0.2, -0.15) is 0 Å². The largest absolute Gasteiger partial charge is 0.342 e. The van der Waals surface area contributed by atoms with Gasteiger partial charge in [-0.25, -0.2) is 0 Å². The van der Waals surface area contributed by atoms with Gasteiger partial charge in [-0.3, -0.25) is 9.59 Å². The first-order chi connectivity index (χ1) is 16.1. The first-order valence-electron chi connectivity index (χ1n) is 11.3.